The van der Waals surface area contributed by atoms with Crippen molar-refractivity contribution in [2.75, 3.05) is 6.61 Å². The first-order valence-electron chi connectivity index (χ1n) is 4.27. The third-order valence-corrected chi connectivity index (χ3v) is 2.26. The van der Waals surface area contributed by atoms with Crippen molar-refractivity contribution >= 4 is 6.29 Å². The number of benzene rings is 1. The van der Waals surface area contributed by atoms with Crippen molar-refractivity contribution in [1.29, 1.82) is 0 Å². The van der Waals surface area contributed by atoms with E-state index in [1.807, 2.05) is 0 Å². The molecule has 2 nitrogen and oxygen atoms in total. The summed E-state index contributed by atoms with van der Waals surface area (Å²) in [6.07, 6.45) is 0.912. The predicted molar refractivity (Wildman–Crippen MR) is 45.1 cm³/mol. The summed E-state index contributed by atoms with van der Waals surface area (Å²) in [7, 11) is 0. The predicted octanol–water partition coefficient (Wildman–Crippen LogP) is 1.71. The quantitative estimate of drug-likeness (QED) is 0.642. The molecule has 0 unspecified atom stereocenters. The molecular weight excluding hydrogens is 190 g/mol. The Morgan fingerprint density at radius 1 is 1.36 bits per heavy atom. The highest BCUT2D eigenvalue weighted by atomic mass is 19.1. The lowest BCUT2D eigenvalue weighted by molar-refractivity contribution is -0.112. The van der Waals surface area contributed by atoms with Crippen LogP contribution in [-0.4, -0.2) is 12.9 Å². The largest absolute Gasteiger partial charge is 0.489 e. The molecule has 0 spiro atoms. The molecule has 14 heavy (non-hydrogen) atoms. The van der Waals surface area contributed by atoms with E-state index >= 15 is 0 Å². The third-order valence-electron chi connectivity index (χ3n) is 2.26. The van der Waals surface area contributed by atoms with Gasteiger partial charge in [0, 0.05) is 5.56 Å². The molecule has 1 atom stereocenters. The Hall–Kier alpha value is -1.45. The average Bonchev–Trinajstić information content (AvgIpc) is 2.23. The molecule has 0 N–H and O–H groups in total. The number of ether oxygens (including phenoxy) is 1. The van der Waals surface area contributed by atoms with E-state index in [9.17, 15) is 13.6 Å². The van der Waals surface area contributed by atoms with Crippen LogP contribution in [0.25, 0.3) is 0 Å². The van der Waals surface area contributed by atoms with Gasteiger partial charge in [0.25, 0.3) is 0 Å². The maximum absolute atomic E-state index is 13.2. The lowest BCUT2D eigenvalue weighted by Crippen LogP contribution is -2.23. The van der Waals surface area contributed by atoms with Crippen LogP contribution in [0.4, 0.5) is 8.78 Å². The Kier molecular flexibility index (Phi) is 2.19. The van der Waals surface area contributed by atoms with E-state index in [4.69, 9.17) is 4.74 Å². The molecule has 2 rings (SSSR count). The van der Waals surface area contributed by atoms with E-state index in [0.717, 1.165) is 12.1 Å². The molecule has 0 radical (unpaired) electrons. The second-order valence-corrected chi connectivity index (χ2v) is 3.25. The Labute approximate surface area is 79.5 Å². The van der Waals surface area contributed by atoms with Crippen LogP contribution in [0.5, 0.6) is 5.75 Å². The van der Waals surface area contributed by atoms with Gasteiger partial charge >= 0.3 is 0 Å². The number of hydrogen-bond donors (Lipinski definition) is 0. The molecule has 1 heterocycles. The van der Waals surface area contributed by atoms with Gasteiger partial charge in [-0.1, -0.05) is 0 Å². The summed E-state index contributed by atoms with van der Waals surface area (Å²) in [6.45, 7) is 0.122. The van der Waals surface area contributed by atoms with Gasteiger partial charge in [-0.05, 0) is 18.6 Å². The van der Waals surface area contributed by atoms with E-state index in [1.165, 1.54) is 0 Å². The molecule has 74 valence electrons. The van der Waals surface area contributed by atoms with E-state index in [-0.39, 0.29) is 30.3 Å². The summed E-state index contributed by atoms with van der Waals surface area (Å²) in [4.78, 5) is 10.5. The maximum atomic E-state index is 13.2. The first-order chi connectivity index (χ1) is 6.72. The van der Waals surface area contributed by atoms with E-state index in [0.29, 0.717) is 6.29 Å². The SMILES string of the molecule is O=C[C@@H]1COc2c(F)ccc(F)c2C1. The van der Waals surface area contributed by atoms with Crippen molar-refractivity contribution in [3.05, 3.63) is 29.3 Å². The van der Waals surface area contributed by atoms with Gasteiger partial charge in [-0.2, -0.15) is 0 Å². The fraction of sp³-hybridized carbons (Fsp3) is 0.300. The summed E-state index contributed by atoms with van der Waals surface area (Å²) >= 11 is 0. The summed E-state index contributed by atoms with van der Waals surface area (Å²) < 4.78 is 31.3. The van der Waals surface area contributed by atoms with E-state index in [2.05, 4.69) is 0 Å². The summed E-state index contributed by atoms with van der Waals surface area (Å²) in [5.74, 6) is -1.53. The monoisotopic (exact) mass is 198 g/mol. The molecule has 1 aliphatic heterocycles. The summed E-state index contributed by atoms with van der Waals surface area (Å²) in [5, 5.41) is 0. The fourth-order valence-electron chi connectivity index (χ4n) is 1.52. The molecule has 4 heteroatoms. The number of halogens is 2. The van der Waals surface area contributed by atoms with Crippen molar-refractivity contribution in [3.8, 4) is 5.75 Å². The lowest BCUT2D eigenvalue weighted by Gasteiger charge is -2.22. The van der Waals surface area contributed by atoms with Crippen molar-refractivity contribution in [2.45, 2.75) is 6.42 Å². The van der Waals surface area contributed by atoms with Crippen LogP contribution in [-0.2, 0) is 11.2 Å². The normalized spacial score (nSPS) is 19.7. The average molecular weight is 198 g/mol. The third kappa shape index (κ3) is 1.36. The molecule has 0 saturated carbocycles. The molecule has 0 aliphatic carbocycles. The molecule has 1 aromatic carbocycles. The van der Waals surface area contributed by atoms with E-state index in [1.54, 1.807) is 0 Å². The highest BCUT2D eigenvalue weighted by molar-refractivity contribution is 5.56. The van der Waals surface area contributed by atoms with Gasteiger partial charge in [0.2, 0.25) is 0 Å². The van der Waals surface area contributed by atoms with Crippen LogP contribution in [0.15, 0.2) is 12.1 Å². The van der Waals surface area contributed by atoms with Crippen LogP contribution in [0.3, 0.4) is 0 Å². The van der Waals surface area contributed by atoms with Crippen molar-refractivity contribution in [3.63, 3.8) is 0 Å². The summed E-state index contributed by atoms with van der Waals surface area (Å²) in [6, 6.07) is 2.07. The Balaban J connectivity index is 2.45. The summed E-state index contributed by atoms with van der Waals surface area (Å²) in [5.41, 5.74) is 0.161. The van der Waals surface area contributed by atoms with Crippen LogP contribution in [0.2, 0.25) is 0 Å². The van der Waals surface area contributed by atoms with Gasteiger partial charge in [0.1, 0.15) is 12.1 Å². The molecule has 0 bridgehead atoms. The van der Waals surface area contributed by atoms with Crippen molar-refractivity contribution < 1.29 is 18.3 Å². The zero-order valence-electron chi connectivity index (χ0n) is 7.30. The van der Waals surface area contributed by atoms with Gasteiger partial charge in [-0.3, -0.25) is 0 Å². The van der Waals surface area contributed by atoms with E-state index < -0.39 is 11.6 Å². The van der Waals surface area contributed by atoms with Crippen LogP contribution in [0, 0.1) is 17.6 Å². The standard InChI is InChI=1S/C10H8F2O2/c11-8-1-2-9(12)10-7(8)3-6(4-13)5-14-10/h1-2,4,6H,3,5H2/t6-/m1/s1. The van der Waals surface area contributed by atoms with Crippen molar-refractivity contribution in [2.24, 2.45) is 5.92 Å². The number of carbonyl (C=O) groups excluding carboxylic acids is 1. The Bertz CT molecular complexity index is 377. The second kappa shape index (κ2) is 3.36. The first-order valence-corrected chi connectivity index (χ1v) is 4.27. The van der Waals surface area contributed by atoms with Crippen molar-refractivity contribution in [1.82, 2.24) is 0 Å². The maximum Gasteiger partial charge on any atom is 0.165 e. The number of aldehydes is 1. The highest BCUT2D eigenvalue weighted by Crippen LogP contribution is 2.31. The van der Waals surface area contributed by atoms with Crippen LogP contribution < -0.4 is 4.74 Å². The molecule has 0 saturated heterocycles. The Morgan fingerprint density at radius 3 is 2.79 bits per heavy atom. The molecule has 1 aromatic rings. The van der Waals surface area contributed by atoms with Crippen LogP contribution >= 0.6 is 0 Å². The number of rotatable bonds is 1. The fourth-order valence-corrected chi connectivity index (χ4v) is 1.52. The number of carbonyl (C=O) groups is 1. The van der Waals surface area contributed by atoms with Gasteiger partial charge in [0.05, 0.1) is 12.5 Å². The molecule has 0 fully saturated rings. The lowest BCUT2D eigenvalue weighted by atomic mass is 9.97. The smallest absolute Gasteiger partial charge is 0.165 e. The number of hydrogen-bond acceptors (Lipinski definition) is 2. The zero-order chi connectivity index (χ0) is 10.1. The van der Waals surface area contributed by atoms with Gasteiger partial charge < -0.3 is 9.53 Å². The minimum Gasteiger partial charge on any atom is -0.489 e. The zero-order valence-corrected chi connectivity index (χ0v) is 7.30. The topological polar surface area (TPSA) is 26.3 Å². The Morgan fingerprint density at radius 2 is 2.07 bits per heavy atom. The molecular formula is C10H8F2O2. The van der Waals surface area contributed by atoms with Gasteiger partial charge in [-0.25, -0.2) is 8.78 Å². The minimum absolute atomic E-state index is 0.0527. The van der Waals surface area contributed by atoms with Crippen LogP contribution in [0.1, 0.15) is 5.56 Å². The molecule has 0 aromatic heterocycles. The first kappa shape index (κ1) is 9.12. The molecule has 1 aliphatic rings. The second-order valence-electron chi connectivity index (χ2n) is 3.25. The van der Waals surface area contributed by atoms with Gasteiger partial charge in [-0.15, -0.1) is 0 Å². The minimum atomic E-state index is -0.578. The van der Waals surface area contributed by atoms with Gasteiger partial charge in [0.15, 0.2) is 11.6 Å². The highest BCUT2D eigenvalue weighted by Gasteiger charge is 2.24. The molecule has 0 amide bonds. The number of fused-ring (bicyclic) bond motifs is 1.